The topological polar surface area (TPSA) is 61.9 Å². The Bertz CT molecular complexity index is 364. The van der Waals surface area contributed by atoms with E-state index in [0.29, 0.717) is 12.1 Å². The van der Waals surface area contributed by atoms with Gasteiger partial charge in [0.15, 0.2) is 0 Å². The smallest absolute Gasteiger partial charge is 0.132 e. The molecule has 3 N–H and O–H groups in total. The van der Waals surface area contributed by atoms with Gasteiger partial charge in [-0.15, -0.1) is 0 Å². The molecule has 2 heterocycles. The summed E-state index contributed by atoms with van der Waals surface area (Å²) in [4.78, 5) is 8.85. The number of rotatable bonds is 4. The molecule has 1 saturated heterocycles. The van der Waals surface area contributed by atoms with Gasteiger partial charge in [-0.3, -0.25) is 0 Å². The monoisotopic (exact) mass is 233 g/mol. The maximum absolute atomic E-state index is 4.43. The van der Waals surface area contributed by atoms with Gasteiger partial charge in [-0.2, -0.15) is 0 Å². The minimum Gasteiger partial charge on any atom is -0.367 e. The van der Waals surface area contributed by atoms with Crippen LogP contribution in [-0.2, 0) is 0 Å². The number of anilines is 2. The predicted molar refractivity (Wildman–Crippen MR) is 68.3 cm³/mol. The second-order valence-corrected chi connectivity index (χ2v) is 4.96. The molecule has 3 rings (SSSR count). The molecule has 2 fully saturated rings. The van der Waals surface area contributed by atoms with Crippen molar-refractivity contribution >= 4 is 11.6 Å². The summed E-state index contributed by atoms with van der Waals surface area (Å²) in [7, 11) is 0. The molecule has 5 nitrogen and oxygen atoms in total. The molecule has 0 radical (unpaired) electrons. The summed E-state index contributed by atoms with van der Waals surface area (Å²) >= 11 is 0. The molecule has 5 heteroatoms. The lowest BCUT2D eigenvalue weighted by molar-refractivity contribution is 0.444. The number of aromatic nitrogens is 2. The third kappa shape index (κ3) is 2.49. The summed E-state index contributed by atoms with van der Waals surface area (Å²) in [6, 6.07) is 3.15. The number of aryl methyl sites for hydroxylation is 1. The minimum absolute atomic E-state index is 0.515. The van der Waals surface area contributed by atoms with Crippen molar-refractivity contribution in [1.29, 1.82) is 0 Å². The number of hydrogen-bond donors (Lipinski definition) is 3. The molecule has 0 spiro atoms. The fourth-order valence-corrected chi connectivity index (χ4v) is 2.08. The minimum atomic E-state index is 0.515. The van der Waals surface area contributed by atoms with E-state index in [2.05, 4.69) is 25.9 Å². The van der Waals surface area contributed by atoms with Crippen LogP contribution in [0.15, 0.2) is 6.07 Å². The standard InChI is InChI=1S/C12H19N5/c1-8-14-11(16-9-3-2-4-9)5-12(15-8)17-10-6-13-7-10/h5,9-10,13H,2-4,6-7H2,1H3,(H2,14,15,16,17). The Morgan fingerprint density at radius 2 is 1.76 bits per heavy atom. The molecule has 92 valence electrons. The van der Waals surface area contributed by atoms with E-state index in [1.807, 2.05) is 13.0 Å². The fourth-order valence-electron chi connectivity index (χ4n) is 2.08. The van der Waals surface area contributed by atoms with Crippen molar-refractivity contribution in [2.24, 2.45) is 0 Å². The van der Waals surface area contributed by atoms with Crippen molar-refractivity contribution in [3.05, 3.63) is 11.9 Å². The number of nitrogens with one attached hydrogen (secondary N) is 3. The van der Waals surface area contributed by atoms with Gasteiger partial charge >= 0.3 is 0 Å². The number of hydrogen-bond acceptors (Lipinski definition) is 5. The first-order chi connectivity index (χ1) is 8.29. The van der Waals surface area contributed by atoms with Crippen LogP contribution in [-0.4, -0.2) is 35.1 Å². The summed E-state index contributed by atoms with van der Waals surface area (Å²) < 4.78 is 0. The van der Waals surface area contributed by atoms with Crippen molar-refractivity contribution < 1.29 is 0 Å². The third-order valence-electron chi connectivity index (χ3n) is 3.43. The molecule has 2 aliphatic rings. The van der Waals surface area contributed by atoms with Crippen LogP contribution in [0.5, 0.6) is 0 Å². The Morgan fingerprint density at radius 1 is 1.12 bits per heavy atom. The lowest BCUT2D eigenvalue weighted by Crippen LogP contribution is -2.51. The van der Waals surface area contributed by atoms with Crippen molar-refractivity contribution in [2.45, 2.75) is 38.3 Å². The summed E-state index contributed by atoms with van der Waals surface area (Å²) in [6.07, 6.45) is 3.86. The van der Waals surface area contributed by atoms with Gasteiger partial charge in [0.1, 0.15) is 17.5 Å². The lowest BCUT2D eigenvalue weighted by Gasteiger charge is -2.29. The SMILES string of the molecule is Cc1nc(NC2CCC2)cc(NC2CNC2)n1. The largest absolute Gasteiger partial charge is 0.367 e. The Hall–Kier alpha value is -1.36. The summed E-state index contributed by atoms with van der Waals surface area (Å²) in [5, 5.41) is 10.1. The highest BCUT2D eigenvalue weighted by molar-refractivity contribution is 5.49. The van der Waals surface area contributed by atoms with E-state index < -0.39 is 0 Å². The molecule has 1 aromatic heterocycles. The van der Waals surface area contributed by atoms with E-state index >= 15 is 0 Å². The highest BCUT2D eigenvalue weighted by Crippen LogP contribution is 2.23. The second kappa shape index (κ2) is 4.49. The van der Waals surface area contributed by atoms with Gasteiger partial charge < -0.3 is 16.0 Å². The molecular weight excluding hydrogens is 214 g/mol. The van der Waals surface area contributed by atoms with E-state index in [1.54, 1.807) is 0 Å². The zero-order chi connectivity index (χ0) is 11.7. The van der Waals surface area contributed by atoms with Crippen LogP contribution in [0.4, 0.5) is 11.6 Å². The van der Waals surface area contributed by atoms with Gasteiger partial charge in [-0.1, -0.05) is 0 Å². The Labute approximate surface area is 101 Å². The van der Waals surface area contributed by atoms with Crippen LogP contribution in [0.3, 0.4) is 0 Å². The highest BCUT2D eigenvalue weighted by atomic mass is 15.2. The predicted octanol–water partition coefficient (Wildman–Crippen LogP) is 1.13. The molecule has 1 aromatic rings. The van der Waals surface area contributed by atoms with Crippen LogP contribution in [0.2, 0.25) is 0 Å². The Morgan fingerprint density at radius 3 is 2.24 bits per heavy atom. The van der Waals surface area contributed by atoms with Gasteiger partial charge in [0.25, 0.3) is 0 Å². The summed E-state index contributed by atoms with van der Waals surface area (Å²) in [5.41, 5.74) is 0. The molecular formula is C12H19N5. The van der Waals surface area contributed by atoms with Gasteiger partial charge in [0, 0.05) is 25.2 Å². The molecule has 17 heavy (non-hydrogen) atoms. The van der Waals surface area contributed by atoms with Gasteiger partial charge in [0.05, 0.1) is 6.04 Å². The van der Waals surface area contributed by atoms with Crippen molar-refractivity contribution in [2.75, 3.05) is 23.7 Å². The fraction of sp³-hybridized carbons (Fsp3) is 0.667. The summed E-state index contributed by atoms with van der Waals surface area (Å²) in [6.45, 7) is 3.99. The molecule has 0 aromatic carbocycles. The van der Waals surface area contributed by atoms with E-state index in [-0.39, 0.29) is 0 Å². The first-order valence-electron chi connectivity index (χ1n) is 6.39. The van der Waals surface area contributed by atoms with Crippen LogP contribution >= 0.6 is 0 Å². The van der Waals surface area contributed by atoms with Crippen LogP contribution in [0, 0.1) is 6.92 Å². The third-order valence-corrected chi connectivity index (χ3v) is 3.43. The van der Waals surface area contributed by atoms with Gasteiger partial charge in [-0.05, 0) is 26.2 Å². The zero-order valence-corrected chi connectivity index (χ0v) is 10.2. The zero-order valence-electron chi connectivity index (χ0n) is 10.2. The van der Waals surface area contributed by atoms with Crippen molar-refractivity contribution in [1.82, 2.24) is 15.3 Å². The molecule has 0 atom stereocenters. The maximum Gasteiger partial charge on any atom is 0.132 e. The average Bonchev–Trinajstić information content (AvgIpc) is 2.17. The van der Waals surface area contributed by atoms with E-state index in [4.69, 9.17) is 0 Å². The molecule has 1 saturated carbocycles. The van der Waals surface area contributed by atoms with E-state index in [1.165, 1.54) is 19.3 Å². The van der Waals surface area contributed by atoms with Crippen LogP contribution < -0.4 is 16.0 Å². The van der Waals surface area contributed by atoms with Crippen molar-refractivity contribution in [3.63, 3.8) is 0 Å². The quantitative estimate of drug-likeness (QED) is 0.728. The molecule has 0 unspecified atom stereocenters. The molecule has 1 aliphatic carbocycles. The highest BCUT2D eigenvalue weighted by Gasteiger charge is 2.19. The second-order valence-electron chi connectivity index (χ2n) is 4.96. The van der Waals surface area contributed by atoms with Crippen molar-refractivity contribution in [3.8, 4) is 0 Å². The average molecular weight is 233 g/mol. The van der Waals surface area contributed by atoms with Crippen LogP contribution in [0.1, 0.15) is 25.1 Å². The molecule has 1 aliphatic heterocycles. The Balaban J connectivity index is 1.68. The first-order valence-corrected chi connectivity index (χ1v) is 6.39. The lowest BCUT2D eigenvalue weighted by atomic mass is 9.93. The van der Waals surface area contributed by atoms with E-state index in [9.17, 15) is 0 Å². The maximum atomic E-state index is 4.43. The molecule has 0 bridgehead atoms. The number of nitrogens with zero attached hydrogens (tertiary/aromatic N) is 2. The van der Waals surface area contributed by atoms with E-state index in [0.717, 1.165) is 30.5 Å². The van der Waals surface area contributed by atoms with Crippen LogP contribution in [0.25, 0.3) is 0 Å². The molecule has 0 amide bonds. The first kappa shape index (κ1) is 10.8. The Kier molecular flexibility index (Phi) is 2.84. The normalized spacial score (nSPS) is 20.5. The van der Waals surface area contributed by atoms with Gasteiger partial charge in [0.2, 0.25) is 0 Å². The van der Waals surface area contributed by atoms with Gasteiger partial charge in [-0.25, -0.2) is 9.97 Å². The summed E-state index contributed by atoms with van der Waals surface area (Å²) in [5.74, 6) is 2.71.